The van der Waals surface area contributed by atoms with E-state index in [1.165, 1.54) is 23.5 Å². The predicted octanol–water partition coefficient (Wildman–Crippen LogP) is 8.26. The molecule has 0 saturated carbocycles. The van der Waals surface area contributed by atoms with E-state index in [0.717, 1.165) is 32.0 Å². The van der Waals surface area contributed by atoms with E-state index < -0.39 is 10.9 Å². The normalized spacial score (nSPS) is 11.8. The third-order valence-corrected chi connectivity index (χ3v) is 7.13. The van der Waals surface area contributed by atoms with E-state index in [4.69, 9.17) is 39.8 Å². The van der Waals surface area contributed by atoms with Gasteiger partial charge in [-0.25, -0.2) is 9.67 Å². The van der Waals surface area contributed by atoms with Crippen molar-refractivity contribution in [3.05, 3.63) is 71.3 Å². The van der Waals surface area contributed by atoms with E-state index in [9.17, 15) is 8.78 Å². The van der Waals surface area contributed by atoms with Gasteiger partial charge in [-0.1, -0.05) is 59.6 Å². The zero-order valence-electron chi connectivity index (χ0n) is 18.0. The number of halogens is 5. The zero-order chi connectivity index (χ0) is 24.6. The lowest BCUT2D eigenvalue weighted by Crippen LogP contribution is -2.32. The maximum Gasteiger partial charge on any atom is 0.428 e. The fourth-order valence-electron chi connectivity index (χ4n) is 3.37. The molecule has 0 aliphatic carbocycles. The average molecular weight is 541 g/mol. The Morgan fingerprint density at radius 1 is 1.18 bits per heavy atom. The largest absolute Gasteiger partial charge is 0.431 e. The lowest BCUT2D eigenvalue weighted by molar-refractivity contribution is -0.163. The van der Waals surface area contributed by atoms with Crippen LogP contribution in [0.3, 0.4) is 0 Å². The Morgan fingerprint density at radius 3 is 2.53 bits per heavy atom. The third-order valence-electron chi connectivity index (χ3n) is 5.02. The molecule has 0 fully saturated rings. The van der Waals surface area contributed by atoms with Gasteiger partial charge in [0.1, 0.15) is 5.75 Å². The number of aromatic nitrogens is 3. The molecule has 0 spiro atoms. The van der Waals surface area contributed by atoms with Gasteiger partial charge in [-0.05, 0) is 60.0 Å². The molecule has 2 aromatic heterocycles. The lowest BCUT2D eigenvalue weighted by Gasteiger charge is -2.18. The van der Waals surface area contributed by atoms with Crippen molar-refractivity contribution >= 4 is 52.2 Å². The van der Waals surface area contributed by atoms with Crippen LogP contribution in [0.2, 0.25) is 5.02 Å². The minimum atomic E-state index is -3.69. The van der Waals surface area contributed by atoms with Gasteiger partial charge in [-0.3, -0.25) is 0 Å². The molecule has 10 heteroatoms. The first kappa shape index (κ1) is 24.7. The lowest BCUT2D eigenvalue weighted by atomic mass is 10.1. The number of nitrogens with zero attached hydrogens (tertiary/aromatic N) is 3. The first-order valence-electron chi connectivity index (χ1n) is 9.99. The molecule has 0 amide bonds. The van der Waals surface area contributed by atoms with Crippen LogP contribution in [0.25, 0.3) is 38.6 Å². The first-order chi connectivity index (χ1) is 16.1. The smallest absolute Gasteiger partial charge is 0.428 e. The van der Waals surface area contributed by atoms with E-state index in [0.29, 0.717) is 16.7 Å². The number of rotatable bonds is 7. The molecule has 2 aromatic carbocycles. The molecular formula is C24H18Cl3F2N3OS. The predicted molar refractivity (Wildman–Crippen MR) is 136 cm³/mol. The van der Waals surface area contributed by atoms with Crippen molar-refractivity contribution in [2.45, 2.75) is 17.9 Å². The van der Waals surface area contributed by atoms with Crippen LogP contribution < -0.4 is 4.74 Å². The number of hydrogen-bond donors (Lipinski definition) is 0. The fourth-order valence-corrected chi connectivity index (χ4v) is 4.92. The summed E-state index contributed by atoms with van der Waals surface area (Å²) in [4.78, 5) is 4.66. The van der Waals surface area contributed by atoms with Gasteiger partial charge in [0.25, 0.3) is 0 Å². The number of benzene rings is 2. The zero-order valence-corrected chi connectivity index (χ0v) is 21.1. The van der Waals surface area contributed by atoms with Gasteiger partial charge in [0.15, 0.2) is 11.6 Å². The molecular weight excluding hydrogens is 523 g/mol. The Labute approximate surface area is 214 Å². The Kier molecular flexibility index (Phi) is 7.01. The van der Waals surface area contributed by atoms with E-state index >= 15 is 0 Å². The molecule has 0 bridgehead atoms. The van der Waals surface area contributed by atoms with Crippen molar-refractivity contribution in [1.82, 2.24) is 14.8 Å². The number of alkyl halides is 4. The van der Waals surface area contributed by atoms with Crippen molar-refractivity contribution in [1.29, 1.82) is 0 Å². The topological polar surface area (TPSA) is 39.9 Å². The molecule has 4 nitrogen and oxygen atoms in total. The van der Waals surface area contributed by atoms with Gasteiger partial charge in [-0.2, -0.15) is 13.9 Å². The van der Waals surface area contributed by atoms with Gasteiger partial charge in [0.05, 0.1) is 9.90 Å². The fraction of sp³-hybridized carbons (Fsp3) is 0.167. The van der Waals surface area contributed by atoms with Crippen LogP contribution in [-0.4, -0.2) is 25.7 Å². The van der Waals surface area contributed by atoms with Crippen LogP contribution in [0.15, 0.2) is 55.1 Å². The van der Waals surface area contributed by atoms with Crippen LogP contribution in [0.5, 0.6) is 5.75 Å². The van der Waals surface area contributed by atoms with E-state index in [2.05, 4.69) is 16.4 Å². The number of ether oxygens (including phenoxy) is 1. The molecule has 0 radical (unpaired) electrons. The molecule has 4 aromatic rings. The summed E-state index contributed by atoms with van der Waals surface area (Å²) < 4.78 is 33.6. The Morgan fingerprint density at radius 2 is 1.88 bits per heavy atom. The van der Waals surface area contributed by atoms with Gasteiger partial charge in [0.2, 0.25) is 4.84 Å². The molecule has 2 heterocycles. The highest BCUT2D eigenvalue weighted by atomic mass is 35.5. The third kappa shape index (κ3) is 4.84. The highest BCUT2D eigenvalue weighted by Gasteiger charge is 2.40. The molecule has 0 N–H and O–H groups in total. The summed E-state index contributed by atoms with van der Waals surface area (Å²) in [5, 5.41) is 5.12. The van der Waals surface area contributed by atoms with Crippen LogP contribution in [-0.2, 0) is 7.05 Å². The maximum atomic E-state index is 13.6. The minimum Gasteiger partial charge on any atom is -0.431 e. The van der Waals surface area contributed by atoms with Gasteiger partial charge in [-0.15, -0.1) is 11.3 Å². The van der Waals surface area contributed by atoms with Crippen LogP contribution >= 0.6 is 46.1 Å². The van der Waals surface area contributed by atoms with Crippen molar-refractivity contribution in [3.63, 3.8) is 0 Å². The SMILES string of the molecule is C=Cc1cccc(Cl)c1-c1nc(-c2sc(-c3ccc(OC(F)(F)C(Cl)Cl)cc3)cc2C)n(C)n1. The monoisotopic (exact) mass is 539 g/mol. The van der Waals surface area contributed by atoms with Crippen molar-refractivity contribution < 1.29 is 13.5 Å². The summed E-state index contributed by atoms with van der Waals surface area (Å²) in [7, 11) is 1.82. The summed E-state index contributed by atoms with van der Waals surface area (Å²) in [6.07, 6.45) is -1.97. The van der Waals surface area contributed by atoms with Gasteiger partial charge in [0, 0.05) is 17.5 Å². The standard InChI is InChI=1S/C24H18Cl3F2N3OS/c1-4-14-6-5-7-17(25)19(14)21-30-22(32(3)31-21)20-13(2)12-18(34-20)15-8-10-16(11-9-15)33-24(28,29)23(26)27/h4-12,23H,1H2,2-3H3. The Hall–Kier alpha value is -2.45. The molecule has 0 saturated heterocycles. The summed E-state index contributed by atoms with van der Waals surface area (Å²) in [5.41, 5.74) is 3.41. The van der Waals surface area contributed by atoms with E-state index in [1.807, 2.05) is 32.2 Å². The molecule has 0 aliphatic rings. The van der Waals surface area contributed by atoms with Crippen LogP contribution in [0.4, 0.5) is 8.78 Å². The van der Waals surface area contributed by atoms with Crippen LogP contribution in [0, 0.1) is 6.92 Å². The van der Waals surface area contributed by atoms with Crippen molar-refractivity contribution in [2.75, 3.05) is 0 Å². The minimum absolute atomic E-state index is 0.0377. The molecule has 4 rings (SSSR count). The summed E-state index contributed by atoms with van der Waals surface area (Å²) in [6, 6.07) is 13.8. The molecule has 0 atom stereocenters. The summed E-state index contributed by atoms with van der Waals surface area (Å²) >= 11 is 18.5. The second-order valence-corrected chi connectivity index (χ2v) is 9.96. The second kappa shape index (κ2) is 9.66. The number of thiophene rings is 1. The number of hydrogen-bond acceptors (Lipinski definition) is 4. The van der Waals surface area contributed by atoms with Crippen molar-refractivity contribution in [3.8, 4) is 38.3 Å². The molecule has 34 heavy (non-hydrogen) atoms. The highest BCUT2D eigenvalue weighted by molar-refractivity contribution is 7.19. The quantitative estimate of drug-likeness (QED) is 0.222. The second-order valence-electron chi connectivity index (χ2n) is 7.40. The maximum absolute atomic E-state index is 13.6. The highest BCUT2D eigenvalue weighted by Crippen LogP contribution is 2.39. The Balaban J connectivity index is 1.66. The van der Waals surface area contributed by atoms with E-state index in [-0.39, 0.29) is 5.75 Å². The number of aryl methyl sites for hydroxylation is 2. The van der Waals surface area contributed by atoms with Gasteiger partial charge >= 0.3 is 6.11 Å². The van der Waals surface area contributed by atoms with E-state index in [1.54, 1.807) is 29.0 Å². The Bertz CT molecular complexity index is 1350. The average Bonchev–Trinajstić information content (AvgIpc) is 3.35. The molecule has 0 aliphatic heterocycles. The summed E-state index contributed by atoms with van der Waals surface area (Å²) in [6.45, 7) is 5.83. The van der Waals surface area contributed by atoms with Crippen LogP contribution in [0.1, 0.15) is 11.1 Å². The molecule has 176 valence electrons. The van der Waals surface area contributed by atoms with Gasteiger partial charge < -0.3 is 4.74 Å². The first-order valence-corrected chi connectivity index (χ1v) is 12.1. The summed E-state index contributed by atoms with van der Waals surface area (Å²) in [5.74, 6) is 1.16. The van der Waals surface area contributed by atoms with Crippen molar-refractivity contribution in [2.24, 2.45) is 7.05 Å². The molecule has 0 unspecified atom stereocenters.